The fourth-order valence-electron chi connectivity index (χ4n) is 4.01. The number of ether oxygens (including phenoxy) is 1. The molecule has 2 aliphatic rings. The summed E-state index contributed by atoms with van der Waals surface area (Å²) in [4.78, 5) is 10.5. The Morgan fingerprint density at radius 1 is 1.08 bits per heavy atom. The summed E-state index contributed by atoms with van der Waals surface area (Å²) in [5.74, 6) is 5.41. The van der Waals surface area contributed by atoms with Crippen LogP contribution in [0.15, 0.2) is 12.2 Å². The van der Waals surface area contributed by atoms with Gasteiger partial charge in [0.15, 0.2) is 0 Å². The van der Waals surface area contributed by atoms with Crippen LogP contribution in [0.1, 0.15) is 58.3 Å². The molecule has 0 amide bonds. The first kappa shape index (κ1) is 21.2. The van der Waals surface area contributed by atoms with Crippen LogP contribution in [0, 0.1) is 11.8 Å². The molecule has 144 valence electrons. The molecule has 2 bridgehead atoms. The molecule has 2 aliphatic heterocycles. The van der Waals surface area contributed by atoms with Crippen LogP contribution in [0.2, 0.25) is 0 Å². The third kappa shape index (κ3) is 7.56. The summed E-state index contributed by atoms with van der Waals surface area (Å²) in [6, 6.07) is 0. The number of hydrogen-bond acceptors (Lipinski definition) is 4. The van der Waals surface area contributed by atoms with Gasteiger partial charge in [-0.15, -0.1) is 0 Å². The monoisotopic (exact) mass is 386 g/mol. The summed E-state index contributed by atoms with van der Waals surface area (Å²) in [6.07, 6.45) is 14.1. The van der Waals surface area contributed by atoms with Gasteiger partial charge < -0.3 is 9.84 Å². The van der Waals surface area contributed by atoms with Crippen molar-refractivity contribution < 1.29 is 14.6 Å². The average molecular weight is 387 g/mol. The number of thioether (sulfide) groups is 2. The molecule has 2 rings (SSSR count). The summed E-state index contributed by atoms with van der Waals surface area (Å²) in [6.45, 7) is 2.27. The molecule has 2 heterocycles. The molecule has 0 aromatic rings. The maximum atomic E-state index is 10.5. The second kappa shape index (κ2) is 12.3. The standard InChI is InChI=1S/C20H34O3S2/c1-2-3-4-6-12-24-14-11-16-17(19-10-9-18(16)23-19)15-25-13-7-5-8-20(21)22/h5,8,16-19H,2-4,6-7,9-15H2,1H3,(H,21,22)/b8-5+/t16-,17+,18-,19+/m1/s1. The van der Waals surface area contributed by atoms with E-state index in [2.05, 4.69) is 18.7 Å². The highest BCUT2D eigenvalue weighted by molar-refractivity contribution is 7.99. The summed E-state index contributed by atoms with van der Waals surface area (Å²) < 4.78 is 6.20. The molecule has 2 saturated heterocycles. The van der Waals surface area contributed by atoms with E-state index in [-0.39, 0.29) is 0 Å². The van der Waals surface area contributed by atoms with Crippen LogP contribution in [0.25, 0.3) is 0 Å². The Kier molecular flexibility index (Phi) is 10.4. The van der Waals surface area contributed by atoms with E-state index < -0.39 is 5.97 Å². The number of fused-ring (bicyclic) bond motifs is 2. The molecule has 1 N–H and O–H groups in total. The van der Waals surface area contributed by atoms with E-state index in [0.717, 1.165) is 18.1 Å². The number of allylic oxidation sites excluding steroid dienone is 1. The lowest BCUT2D eigenvalue weighted by Gasteiger charge is -2.27. The van der Waals surface area contributed by atoms with Gasteiger partial charge in [0.05, 0.1) is 12.2 Å². The lowest BCUT2D eigenvalue weighted by molar-refractivity contribution is -0.131. The predicted octanol–water partition coefficient (Wildman–Crippen LogP) is 5.25. The van der Waals surface area contributed by atoms with Crippen molar-refractivity contribution in [1.29, 1.82) is 0 Å². The quantitative estimate of drug-likeness (QED) is 0.326. The Labute approximate surface area is 161 Å². The van der Waals surface area contributed by atoms with Crippen molar-refractivity contribution in [2.24, 2.45) is 11.8 Å². The number of carboxylic acid groups (broad SMARTS) is 1. The number of aliphatic carboxylic acids is 1. The molecule has 3 nitrogen and oxygen atoms in total. The maximum absolute atomic E-state index is 10.5. The topological polar surface area (TPSA) is 46.5 Å². The Hall–Kier alpha value is -0.130. The zero-order chi connectivity index (χ0) is 17.9. The minimum absolute atomic E-state index is 0.492. The first-order chi connectivity index (χ1) is 12.2. The van der Waals surface area contributed by atoms with Crippen molar-refractivity contribution in [3.63, 3.8) is 0 Å². The molecule has 5 heteroatoms. The summed E-state index contributed by atoms with van der Waals surface area (Å²) in [7, 11) is 0. The number of hydrogen-bond donors (Lipinski definition) is 1. The van der Waals surface area contributed by atoms with Gasteiger partial charge in [-0.05, 0) is 67.0 Å². The van der Waals surface area contributed by atoms with Gasteiger partial charge in [-0.2, -0.15) is 23.5 Å². The predicted molar refractivity (Wildman–Crippen MR) is 110 cm³/mol. The molecular weight excluding hydrogens is 352 g/mol. The van der Waals surface area contributed by atoms with E-state index >= 15 is 0 Å². The van der Waals surface area contributed by atoms with Crippen molar-refractivity contribution >= 4 is 29.5 Å². The van der Waals surface area contributed by atoms with Gasteiger partial charge in [0.1, 0.15) is 0 Å². The van der Waals surface area contributed by atoms with Gasteiger partial charge in [-0.25, -0.2) is 4.79 Å². The first-order valence-corrected chi connectivity index (χ1v) is 12.2. The lowest BCUT2D eigenvalue weighted by Crippen LogP contribution is -2.29. The van der Waals surface area contributed by atoms with Crippen LogP contribution < -0.4 is 0 Å². The van der Waals surface area contributed by atoms with Crippen molar-refractivity contribution in [3.05, 3.63) is 12.2 Å². The Morgan fingerprint density at radius 3 is 2.64 bits per heavy atom. The van der Waals surface area contributed by atoms with Crippen LogP contribution in [0.3, 0.4) is 0 Å². The van der Waals surface area contributed by atoms with E-state index in [1.54, 1.807) is 6.08 Å². The molecule has 0 radical (unpaired) electrons. The molecular formula is C20H34O3S2. The van der Waals surface area contributed by atoms with Gasteiger partial charge >= 0.3 is 5.97 Å². The summed E-state index contributed by atoms with van der Waals surface area (Å²) in [5, 5.41) is 8.60. The number of carbonyl (C=O) groups is 1. The second-order valence-corrected chi connectivity index (χ2v) is 9.56. The molecule has 2 fully saturated rings. The molecule has 4 atom stereocenters. The molecule has 0 saturated carbocycles. The SMILES string of the molecule is CCCCCCSCC[C@@H]1[C@H](CSCC/C=C/C(=O)O)[C@@H]2CC[C@H]1O2. The van der Waals surface area contributed by atoms with Crippen molar-refractivity contribution in [2.45, 2.75) is 70.5 Å². The largest absolute Gasteiger partial charge is 0.478 e. The van der Waals surface area contributed by atoms with Crippen molar-refractivity contribution in [3.8, 4) is 0 Å². The summed E-state index contributed by atoms with van der Waals surface area (Å²) in [5.41, 5.74) is 0. The molecule has 0 aliphatic carbocycles. The summed E-state index contributed by atoms with van der Waals surface area (Å²) >= 11 is 4.10. The van der Waals surface area contributed by atoms with E-state index in [0.29, 0.717) is 18.1 Å². The van der Waals surface area contributed by atoms with Crippen molar-refractivity contribution in [1.82, 2.24) is 0 Å². The van der Waals surface area contributed by atoms with Gasteiger partial charge in [0.25, 0.3) is 0 Å². The van der Waals surface area contributed by atoms with Gasteiger partial charge in [0.2, 0.25) is 0 Å². The number of rotatable bonds is 14. The Morgan fingerprint density at radius 2 is 1.88 bits per heavy atom. The zero-order valence-corrected chi connectivity index (χ0v) is 17.2. The number of unbranched alkanes of at least 4 members (excludes halogenated alkanes) is 3. The number of carboxylic acids is 1. The molecule has 25 heavy (non-hydrogen) atoms. The van der Waals surface area contributed by atoms with E-state index in [1.807, 2.05) is 11.8 Å². The molecule has 0 unspecified atom stereocenters. The van der Waals surface area contributed by atoms with Crippen LogP contribution in [0.5, 0.6) is 0 Å². The third-order valence-electron chi connectivity index (χ3n) is 5.33. The van der Waals surface area contributed by atoms with Crippen LogP contribution in [0.4, 0.5) is 0 Å². The third-order valence-corrected chi connectivity index (χ3v) is 7.57. The van der Waals surface area contributed by atoms with Gasteiger partial charge in [0, 0.05) is 6.08 Å². The van der Waals surface area contributed by atoms with Crippen LogP contribution in [-0.2, 0) is 9.53 Å². The van der Waals surface area contributed by atoms with Crippen molar-refractivity contribution in [2.75, 3.05) is 23.0 Å². The highest BCUT2D eigenvalue weighted by Crippen LogP contribution is 2.46. The molecule has 0 aromatic carbocycles. The molecule has 0 aromatic heterocycles. The Balaban J connectivity index is 1.60. The fourth-order valence-corrected chi connectivity index (χ4v) is 6.26. The maximum Gasteiger partial charge on any atom is 0.327 e. The molecule has 0 spiro atoms. The highest BCUT2D eigenvalue weighted by atomic mass is 32.2. The minimum atomic E-state index is -0.848. The van der Waals surface area contributed by atoms with Crippen LogP contribution >= 0.6 is 23.5 Å². The minimum Gasteiger partial charge on any atom is -0.478 e. The van der Waals surface area contributed by atoms with Gasteiger partial charge in [-0.3, -0.25) is 0 Å². The lowest BCUT2D eigenvalue weighted by atomic mass is 9.79. The van der Waals surface area contributed by atoms with Gasteiger partial charge in [-0.1, -0.05) is 32.3 Å². The second-order valence-electron chi connectivity index (χ2n) is 7.18. The first-order valence-electron chi connectivity index (χ1n) is 9.92. The fraction of sp³-hybridized carbons (Fsp3) is 0.850. The van der Waals surface area contributed by atoms with E-state index in [9.17, 15) is 4.79 Å². The smallest absolute Gasteiger partial charge is 0.327 e. The van der Waals surface area contributed by atoms with Crippen LogP contribution in [-0.4, -0.2) is 46.3 Å². The normalized spacial score (nSPS) is 28.2. The average Bonchev–Trinajstić information content (AvgIpc) is 3.19. The highest BCUT2D eigenvalue weighted by Gasteiger charge is 2.47. The van der Waals surface area contributed by atoms with E-state index in [4.69, 9.17) is 9.84 Å². The Bertz CT molecular complexity index is 414. The zero-order valence-electron chi connectivity index (χ0n) is 15.5. The van der Waals surface area contributed by atoms with E-state index in [1.165, 1.54) is 68.3 Å².